The van der Waals surface area contributed by atoms with Gasteiger partial charge >= 0.3 is 6.18 Å². The number of methoxy groups -OCH3 is 1. The first kappa shape index (κ1) is 25.2. The van der Waals surface area contributed by atoms with Crippen molar-refractivity contribution in [1.82, 2.24) is 24.2 Å². The topological polar surface area (TPSA) is 101 Å². The highest BCUT2D eigenvalue weighted by Gasteiger charge is 2.40. The molecule has 0 aromatic carbocycles. The summed E-state index contributed by atoms with van der Waals surface area (Å²) in [5, 5.41) is 3.19. The molecule has 4 rings (SSSR count). The average Bonchev–Trinajstić information content (AvgIpc) is 3.16. The number of nitrogens with zero attached hydrogens (tertiary/aromatic N) is 5. The minimum atomic E-state index is -4.78. The van der Waals surface area contributed by atoms with Crippen LogP contribution >= 0.6 is 11.3 Å². The Labute approximate surface area is 198 Å². The molecular formula is C19H24F4N6O3S2. The van der Waals surface area contributed by atoms with Crippen LogP contribution in [0.25, 0.3) is 10.6 Å². The lowest BCUT2D eigenvalue weighted by Gasteiger charge is -2.37. The zero-order valence-electron chi connectivity index (χ0n) is 18.5. The van der Waals surface area contributed by atoms with Gasteiger partial charge in [0, 0.05) is 39.3 Å². The smallest absolute Gasteiger partial charge is 0.379 e. The third kappa shape index (κ3) is 5.64. The van der Waals surface area contributed by atoms with E-state index in [1.54, 1.807) is 7.11 Å². The molecule has 2 aromatic rings. The maximum absolute atomic E-state index is 14.6. The molecule has 4 heterocycles. The molecule has 2 aliphatic rings. The Kier molecular flexibility index (Phi) is 7.11. The minimum Gasteiger partial charge on any atom is -0.379 e. The summed E-state index contributed by atoms with van der Waals surface area (Å²) in [6.07, 6.45) is -1.86. The fourth-order valence-corrected chi connectivity index (χ4v) is 5.88. The molecule has 2 fully saturated rings. The number of hydrogen-bond acceptors (Lipinski definition) is 9. The molecule has 15 heteroatoms. The van der Waals surface area contributed by atoms with Crippen molar-refractivity contribution in [1.29, 1.82) is 0 Å². The number of aromatic nitrogens is 3. The minimum absolute atomic E-state index is 0.0250. The van der Waals surface area contributed by atoms with Gasteiger partial charge in [0.2, 0.25) is 16.0 Å². The van der Waals surface area contributed by atoms with Crippen LogP contribution in [0.15, 0.2) is 6.20 Å². The number of thiazole rings is 1. The zero-order valence-corrected chi connectivity index (χ0v) is 20.1. The summed E-state index contributed by atoms with van der Waals surface area (Å²) in [7, 11) is -1.72. The average molecular weight is 525 g/mol. The Bertz CT molecular complexity index is 1130. The first-order valence-corrected chi connectivity index (χ1v) is 13.2. The Morgan fingerprint density at radius 1 is 1.24 bits per heavy atom. The second-order valence-corrected chi connectivity index (χ2v) is 11.4. The fraction of sp³-hybridized carbons (Fsp3) is 0.632. The molecule has 188 valence electrons. The molecule has 2 saturated heterocycles. The first-order valence-electron chi connectivity index (χ1n) is 10.5. The standard InChI is InChI=1S/C19H24F4N6O3S2/c1-32-12-8-28(9-12)10-14-26-17(19(21,22)23)16(33-14)15-13(20)7-24-18(27-15)25-11-3-5-29(6-4-11)34(2,30)31/h7,11-12H,3-6,8-10H2,1-2H3,(H,24,25,27). The predicted molar refractivity (Wildman–Crippen MR) is 117 cm³/mol. The van der Waals surface area contributed by atoms with Crippen LogP contribution in [0.1, 0.15) is 23.5 Å². The molecule has 0 saturated carbocycles. The highest BCUT2D eigenvalue weighted by molar-refractivity contribution is 7.88. The summed E-state index contributed by atoms with van der Waals surface area (Å²) in [6, 6.07) is -0.199. The van der Waals surface area contributed by atoms with Gasteiger partial charge in [-0.25, -0.2) is 32.1 Å². The van der Waals surface area contributed by atoms with E-state index in [0.29, 0.717) is 39.0 Å². The Morgan fingerprint density at radius 3 is 2.50 bits per heavy atom. The second kappa shape index (κ2) is 9.60. The lowest BCUT2D eigenvalue weighted by atomic mass is 10.1. The van der Waals surface area contributed by atoms with Crippen LogP contribution in [0.5, 0.6) is 0 Å². The monoisotopic (exact) mass is 524 g/mol. The molecule has 0 aliphatic carbocycles. The van der Waals surface area contributed by atoms with E-state index in [9.17, 15) is 26.0 Å². The Balaban J connectivity index is 1.54. The molecule has 34 heavy (non-hydrogen) atoms. The number of nitrogens with one attached hydrogen (secondary N) is 1. The number of piperidine rings is 1. The predicted octanol–water partition coefficient (Wildman–Crippen LogP) is 2.42. The van der Waals surface area contributed by atoms with E-state index in [2.05, 4.69) is 20.3 Å². The van der Waals surface area contributed by atoms with Crippen molar-refractivity contribution in [3.8, 4) is 10.6 Å². The fourth-order valence-electron chi connectivity index (χ4n) is 3.89. The lowest BCUT2D eigenvalue weighted by Crippen LogP contribution is -2.50. The van der Waals surface area contributed by atoms with Gasteiger partial charge in [0.1, 0.15) is 10.7 Å². The highest BCUT2D eigenvalue weighted by atomic mass is 32.2. The summed E-state index contributed by atoms with van der Waals surface area (Å²) in [5.74, 6) is -1.01. The number of ether oxygens (including phenoxy) is 1. The van der Waals surface area contributed by atoms with E-state index in [1.807, 2.05) is 4.90 Å². The molecular weight excluding hydrogens is 500 g/mol. The normalized spacial score (nSPS) is 19.4. The van der Waals surface area contributed by atoms with E-state index < -0.39 is 38.3 Å². The van der Waals surface area contributed by atoms with Crippen molar-refractivity contribution in [3.63, 3.8) is 0 Å². The number of alkyl halides is 3. The van der Waals surface area contributed by atoms with Gasteiger partial charge < -0.3 is 10.1 Å². The number of likely N-dealkylation sites (tertiary alicyclic amines) is 1. The quantitative estimate of drug-likeness (QED) is 0.552. The number of sulfonamides is 1. The van der Waals surface area contributed by atoms with Crippen LogP contribution in [-0.2, 0) is 27.5 Å². The van der Waals surface area contributed by atoms with Gasteiger partial charge in [0.05, 0.1) is 30.0 Å². The van der Waals surface area contributed by atoms with Crippen LogP contribution in [0.3, 0.4) is 0 Å². The molecule has 1 N–H and O–H groups in total. The van der Waals surface area contributed by atoms with Crippen molar-refractivity contribution < 1.29 is 30.7 Å². The largest absolute Gasteiger partial charge is 0.434 e. The van der Waals surface area contributed by atoms with Crippen LogP contribution in [0.4, 0.5) is 23.5 Å². The summed E-state index contributed by atoms with van der Waals surface area (Å²) in [6.45, 7) is 1.95. The third-order valence-electron chi connectivity index (χ3n) is 5.77. The molecule has 0 spiro atoms. The molecule has 0 unspecified atom stereocenters. The van der Waals surface area contributed by atoms with Crippen molar-refractivity contribution >= 4 is 27.3 Å². The number of hydrogen-bond donors (Lipinski definition) is 1. The summed E-state index contributed by atoms with van der Waals surface area (Å²) in [5.41, 5.74) is -1.65. The van der Waals surface area contributed by atoms with Crippen LogP contribution in [0, 0.1) is 5.82 Å². The zero-order chi connectivity index (χ0) is 24.7. The van der Waals surface area contributed by atoms with Crippen molar-refractivity contribution in [2.75, 3.05) is 44.9 Å². The van der Waals surface area contributed by atoms with Crippen LogP contribution < -0.4 is 5.32 Å². The van der Waals surface area contributed by atoms with E-state index in [-0.39, 0.29) is 29.6 Å². The molecule has 2 aromatic heterocycles. The van der Waals surface area contributed by atoms with Gasteiger partial charge in [-0.1, -0.05) is 0 Å². The van der Waals surface area contributed by atoms with Crippen molar-refractivity contribution in [2.45, 2.75) is 37.7 Å². The van der Waals surface area contributed by atoms with E-state index in [1.165, 1.54) is 4.31 Å². The molecule has 9 nitrogen and oxygen atoms in total. The van der Waals surface area contributed by atoms with E-state index in [4.69, 9.17) is 4.74 Å². The summed E-state index contributed by atoms with van der Waals surface area (Å²) >= 11 is 0.753. The third-order valence-corrected chi connectivity index (χ3v) is 8.12. The van der Waals surface area contributed by atoms with Gasteiger partial charge in [-0.15, -0.1) is 11.3 Å². The van der Waals surface area contributed by atoms with E-state index >= 15 is 0 Å². The van der Waals surface area contributed by atoms with Gasteiger partial charge in [0.25, 0.3) is 0 Å². The SMILES string of the molecule is COC1CN(Cc2nc(C(F)(F)F)c(-c3nc(NC4CCN(S(C)(=O)=O)CC4)ncc3F)s2)C1. The molecule has 0 radical (unpaired) electrons. The number of anilines is 1. The number of halogens is 4. The van der Waals surface area contributed by atoms with Crippen LogP contribution in [-0.4, -0.2) is 84.3 Å². The van der Waals surface area contributed by atoms with Crippen LogP contribution in [0.2, 0.25) is 0 Å². The molecule has 2 aliphatic heterocycles. The van der Waals surface area contributed by atoms with Gasteiger partial charge in [-0.2, -0.15) is 13.2 Å². The molecule has 0 amide bonds. The maximum atomic E-state index is 14.6. The second-order valence-electron chi connectivity index (χ2n) is 8.31. The van der Waals surface area contributed by atoms with E-state index in [0.717, 1.165) is 23.8 Å². The van der Waals surface area contributed by atoms with Crippen molar-refractivity contribution in [3.05, 3.63) is 22.7 Å². The molecule has 0 atom stereocenters. The summed E-state index contributed by atoms with van der Waals surface area (Å²) in [4.78, 5) is 13.1. The van der Waals surface area contributed by atoms with Crippen molar-refractivity contribution in [2.24, 2.45) is 0 Å². The van der Waals surface area contributed by atoms with Gasteiger partial charge in [-0.3, -0.25) is 4.90 Å². The highest BCUT2D eigenvalue weighted by Crippen LogP contribution is 2.41. The van der Waals surface area contributed by atoms with Gasteiger partial charge in [-0.05, 0) is 12.8 Å². The van der Waals surface area contributed by atoms with Gasteiger partial charge in [0.15, 0.2) is 11.5 Å². The Morgan fingerprint density at radius 2 is 1.91 bits per heavy atom. The lowest BCUT2D eigenvalue weighted by molar-refractivity contribution is -0.140. The molecule has 0 bridgehead atoms. The first-order chi connectivity index (χ1) is 15.9. The summed E-state index contributed by atoms with van der Waals surface area (Å²) < 4.78 is 85.6. The number of rotatable bonds is 7. The maximum Gasteiger partial charge on any atom is 0.434 e. The Hall–Kier alpha value is -1.94.